The fraction of sp³-hybridized carbons (Fsp3) is 0.389. The first-order valence-corrected chi connectivity index (χ1v) is 9.96. The average molecular weight is 398 g/mol. The number of thiophene rings is 1. The van der Waals surface area contributed by atoms with Crippen molar-refractivity contribution in [2.24, 2.45) is 0 Å². The largest absolute Gasteiger partial charge is 0.324 e. The van der Waals surface area contributed by atoms with Crippen molar-refractivity contribution < 1.29 is 4.79 Å². The Bertz CT molecular complexity index is 680. The maximum Gasteiger partial charge on any atom is 0.225 e. The molecule has 1 saturated heterocycles. The fourth-order valence-electron chi connectivity index (χ4n) is 2.87. The maximum absolute atomic E-state index is 12.2. The Labute approximate surface area is 162 Å². The molecule has 1 N–H and O–H groups in total. The Morgan fingerprint density at radius 1 is 1.04 bits per heavy atom. The van der Waals surface area contributed by atoms with Crippen LogP contribution in [0.2, 0.25) is 10.0 Å². The van der Waals surface area contributed by atoms with Crippen molar-refractivity contribution in [3.63, 3.8) is 0 Å². The van der Waals surface area contributed by atoms with Gasteiger partial charge in [-0.15, -0.1) is 11.3 Å². The van der Waals surface area contributed by atoms with Crippen LogP contribution >= 0.6 is 34.5 Å². The molecule has 1 amide bonds. The van der Waals surface area contributed by atoms with Crippen LogP contribution in [-0.2, 0) is 11.3 Å². The zero-order valence-electron chi connectivity index (χ0n) is 13.9. The summed E-state index contributed by atoms with van der Waals surface area (Å²) < 4.78 is 0. The Morgan fingerprint density at radius 2 is 1.72 bits per heavy atom. The van der Waals surface area contributed by atoms with Crippen molar-refractivity contribution in [1.82, 2.24) is 9.80 Å². The van der Waals surface area contributed by atoms with Gasteiger partial charge in [-0.05, 0) is 23.6 Å². The predicted octanol–water partition coefficient (Wildman–Crippen LogP) is 4.20. The Morgan fingerprint density at radius 3 is 2.36 bits per heavy atom. The number of nitrogens with one attached hydrogen (secondary N) is 1. The van der Waals surface area contributed by atoms with E-state index >= 15 is 0 Å². The van der Waals surface area contributed by atoms with Crippen LogP contribution in [0.3, 0.4) is 0 Å². The van der Waals surface area contributed by atoms with Gasteiger partial charge in [0.15, 0.2) is 0 Å². The number of benzene rings is 1. The van der Waals surface area contributed by atoms with Crippen molar-refractivity contribution in [3.8, 4) is 0 Å². The molecular weight excluding hydrogens is 377 g/mol. The molecule has 4 nitrogen and oxygen atoms in total. The van der Waals surface area contributed by atoms with Gasteiger partial charge in [0.2, 0.25) is 5.91 Å². The molecule has 2 heterocycles. The minimum Gasteiger partial charge on any atom is -0.324 e. The SMILES string of the molecule is O=C(CCN1CCN(Cc2cccs2)CC1)Nc1c(Cl)cccc1Cl. The van der Waals surface area contributed by atoms with E-state index in [1.165, 1.54) is 4.88 Å². The van der Waals surface area contributed by atoms with E-state index in [4.69, 9.17) is 23.2 Å². The Balaban J connectivity index is 1.40. The third-order valence-corrected chi connectivity index (χ3v) is 5.80. The minimum atomic E-state index is -0.0592. The molecule has 134 valence electrons. The van der Waals surface area contributed by atoms with Gasteiger partial charge in [0.05, 0.1) is 15.7 Å². The van der Waals surface area contributed by atoms with E-state index in [1.54, 1.807) is 29.5 Å². The van der Waals surface area contributed by atoms with E-state index in [9.17, 15) is 4.79 Å². The standard InChI is InChI=1S/C18H21Cl2N3OS/c19-15-4-1-5-16(20)18(15)21-17(24)6-7-22-8-10-23(11-9-22)13-14-3-2-12-25-14/h1-5,12H,6-11,13H2,(H,21,24). The molecule has 1 aliphatic heterocycles. The van der Waals surface area contributed by atoms with Crippen molar-refractivity contribution in [2.45, 2.75) is 13.0 Å². The summed E-state index contributed by atoms with van der Waals surface area (Å²) in [7, 11) is 0. The zero-order valence-corrected chi connectivity index (χ0v) is 16.2. The Hall–Kier alpha value is -1.11. The smallest absolute Gasteiger partial charge is 0.225 e. The van der Waals surface area contributed by atoms with Crippen LogP contribution < -0.4 is 5.32 Å². The second-order valence-electron chi connectivity index (χ2n) is 6.09. The number of carbonyl (C=O) groups excluding carboxylic acids is 1. The maximum atomic E-state index is 12.2. The molecule has 0 saturated carbocycles. The first-order chi connectivity index (χ1) is 12.1. The van der Waals surface area contributed by atoms with Gasteiger partial charge >= 0.3 is 0 Å². The third kappa shape index (κ3) is 5.43. The number of halogens is 2. The van der Waals surface area contributed by atoms with E-state index in [-0.39, 0.29) is 5.91 Å². The number of anilines is 1. The van der Waals surface area contributed by atoms with Gasteiger partial charge in [-0.2, -0.15) is 0 Å². The van der Waals surface area contributed by atoms with Crippen molar-refractivity contribution in [1.29, 1.82) is 0 Å². The van der Waals surface area contributed by atoms with Crippen LogP contribution in [0.15, 0.2) is 35.7 Å². The molecule has 25 heavy (non-hydrogen) atoms. The number of rotatable bonds is 6. The lowest BCUT2D eigenvalue weighted by molar-refractivity contribution is -0.116. The average Bonchev–Trinajstić information content (AvgIpc) is 3.11. The first-order valence-electron chi connectivity index (χ1n) is 8.33. The highest BCUT2D eigenvalue weighted by atomic mass is 35.5. The van der Waals surface area contributed by atoms with Gasteiger partial charge in [0.25, 0.3) is 0 Å². The van der Waals surface area contributed by atoms with Crippen molar-refractivity contribution >= 4 is 46.1 Å². The molecule has 0 spiro atoms. The highest BCUT2D eigenvalue weighted by Crippen LogP contribution is 2.29. The van der Waals surface area contributed by atoms with Gasteiger partial charge in [0.1, 0.15) is 0 Å². The molecular formula is C18H21Cl2N3OS. The molecule has 1 aliphatic rings. The van der Waals surface area contributed by atoms with Gasteiger partial charge < -0.3 is 10.2 Å². The summed E-state index contributed by atoms with van der Waals surface area (Å²) in [6.07, 6.45) is 0.437. The molecule has 0 unspecified atom stereocenters. The lowest BCUT2D eigenvalue weighted by Gasteiger charge is -2.34. The topological polar surface area (TPSA) is 35.6 Å². The summed E-state index contributed by atoms with van der Waals surface area (Å²) in [5.74, 6) is -0.0592. The summed E-state index contributed by atoms with van der Waals surface area (Å²) in [4.78, 5) is 18.4. The summed E-state index contributed by atoms with van der Waals surface area (Å²) in [5.41, 5.74) is 0.497. The fourth-order valence-corrected chi connectivity index (χ4v) is 4.11. The zero-order chi connectivity index (χ0) is 17.6. The minimum absolute atomic E-state index is 0.0592. The first kappa shape index (κ1) is 18.7. The molecule has 0 atom stereocenters. The predicted molar refractivity (Wildman–Crippen MR) is 106 cm³/mol. The summed E-state index contributed by atoms with van der Waals surface area (Å²) in [5, 5.41) is 5.86. The quantitative estimate of drug-likeness (QED) is 0.792. The molecule has 0 aliphatic carbocycles. The van der Waals surface area contributed by atoms with Gasteiger partial charge in [-0.1, -0.05) is 35.3 Å². The van der Waals surface area contributed by atoms with E-state index in [0.717, 1.165) is 39.3 Å². The highest BCUT2D eigenvalue weighted by molar-refractivity contribution is 7.09. The van der Waals surface area contributed by atoms with Gasteiger partial charge in [0, 0.05) is 50.6 Å². The summed E-state index contributed by atoms with van der Waals surface area (Å²) in [6.45, 7) is 5.83. The van der Waals surface area contributed by atoms with Crippen LogP contribution in [0.5, 0.6) is 0 Å². The van der Waals surface area contributed by atoms with E-state index < -0.39 is 0 Å². The number of hydrogen-bond donors (Lipinski definition) is 1. The second kappa shape index (κ2) is 9.01. The molecule has 2 aromatic rings. The van der Waals surface area contributed by atoms with Crippen LogP contribution in [0.25, 0.3) is 0 Å². The lowest BCUT2D eigenvalue weighted by Crippen LogP contribution is -2.46. The van der Waals surface area contributed by atoms with E-state index in [0.29, 0.717) is 22.2 Å². The second-order valence-corrected chi connectivity index (χ2v) is 7.94. The molecule has 1 aromatic carbocycles. The molecule has 3 rings (SSSR count). The van der Waals surface area contributed by atoms with E-state index in [1.807, 2.05) is 0 Å². The summed E-state index contributed by atoms with van der Waals surface area (Å²) >= 11 is 14.0. The summed E-state index contributed by atoms with van der Waals surface area (Å²) in [6, 6.07) is 9.48. The van der Waals surface area contributed by atoms with E-state index in [2.05, 4.69) is 32.6 Å². The number of para-hydroxylation sites is 1. The molecule has 1 aromatic heterocycles. The van der Waals surface area contributed by atoms with Crippen molar-refractivity contribution in [2.75, 3.05) is 38.0 Å². The Kier molecular flexibility index (Phi) is 6.73. The third-order valence-electron chi connectivity index (χ3n) is 4.31. The molecule has 1 fully saturated rings. The highest BCUT2D eigenvalue weighted by Gasteiger charge is 2.18. The van der Waals surface area contributed by atoms with Crippen LogP contribution in [-0.4, -0.2) is 48.4 Å². The number of hydrogen-bond acceptors (Lipinski definition) is 4. The van der Waals surface area contributed by atoms with Crippen LogP contribution in [0.1, 0.15) is 11.3 Å². The number of carbonyl (C=O) groups is 1. The number of piperazine rings is 1. The normalized spacial score (nSPS) is 16.1. The van der Waals surface area contributed by atoms with Crippen molar-refractivity contribution in [3.05, 3.63) is 50.6 Å². The monoisotopic (exact) mass is 397 g/mol. The molecule has 7 heteroatoms. The molecule has 0 radical (unpaired) electrons. The number of nitrogens with zero attached hydrogens (tertiary/aromatic N) is 2. The van der Waals surface area contributed by atoms with Crippen LogP contribution in [0.4, 0.5) is 5.69 Å². The van der Waals surface area contributed by atoms with Gasteiger partial charge in [-0.3, -0.25) is 9.69 Å². The van der Waals surface area contributed by atoms with Gasteiger partial charge in [-0.25, -0.2) is 0 Å². The van der Waals surface area contributed by atoms with Crippen LogP contribution in [0, 0.1) is 0 Å². The number of amides is 1. The lowest BCUT2D eigenvalue weighted by atomic mass is 10.2. The molecule has 0 bridgehead atoms.